The van der Waals surface area contributed by atoms with Gasteiger partial charge in [0.05, 0.1) is 24.5 Å². The number of nitrogens with one attached hydrogen (secondary N) is 3. The minimum atomic E-state index is -0.543. The van der Waals surface area contributed by atoms with Crippen LogP contribution >= 0.6 is 11.6 Å². The number of pyridine rings is 1. The Morgan fingerprint density at radius 3 is 2.71 bits per heavy atom. The van der Waals surface area contributed by atoms with Crippen LogP contribution in [0.5, 0.6) is 5.75 Å². The highest BCUT2D eigenvalue weighted by Gasteiger charge is 2.10. The highest BCUT2D eigenvalue weighted by molar-refractivity contribution is 6.31. The van der Waals surface area contributed by atoms with Crippen LogP contribution in [0, 0.1) is 17.2 Å². The molecule has 1 aromatic heterocycles. The highest BCUT2D eigenvalue weighted by Crippen LogP contribution is 2.28. The summed E-state index contributed by atoms with van der Waals surface area (Å²) < 4.78 is 10.7. The Bertz CT molecular complexity index is 928. The number of rotatable bonds is 9. The predicted molar refractivity (Wildman–Crippen MR) is 117 cm³/mol. The molecule has 3 amide bonds. The van der Waals surface area contributed by atoms with E-state index in [-0.39, 0.29) is 11.7 Å². The van der Waals surface area contributed by atoms with Crippen LogP contribution in [0.4, 0.5) is 21.1 Å². The number of ether oxygens (including phenoxy) is 2. The second-order valence-electron chi connectivity index (χ2n) is 6.88. The monoisotopic (exact) mass is 445 g/mol. The second kappa shape index (κ2) is 12.2. The summed E-state index contributed by atoms with van der Waals surface area (Å²) in [5, 5.41) is 17.1. The van der Waals surface area contributed by atoms with Crippen molar-refractivity contribution in [3.8, 4) is 11.8 Å². The number of hydrogen-bond acceptors (Lipinski definition) is 6. The molecule has 1 aromatic carbocycles. The number of aromatic nitrogens is 1. The third-order valence-corrected chi connectivity index (χ3v) is 3.95. The standard InChI is InChI=1S/C21H24ClN5O4/c1-14(2)13-31-21(29)24-8-3-9-30-18-6-5-16(22)10-17(18)26-20(28)27-19-7-4-15(11-23)12-25-19/h4-7,10,12,14H,3,8-9,13H2,1-2H3,(H,24,29)(H2,25,26,27,28). The van der Waals surface area contributed by atoms with Crippen molar-refractivity contribution in [2.45, 2.75) is 20.3 Å². The van der Waals surface area contributed by atoms with Gasteiger partial charge in [-0.05, 0) is 42.7 Å². The van der Waals surface area contributed by atoms with Crippen LogP contribution in [0.2, 0.25) is 5.02 Å². The second-order valence-corrected chi connectivity index (χ2v) is 7.32. The molecule has 0 unspecified atom stereocenters. The van der Waals surface area contributed by atoms with E-state index in [1.165, 1.54) is 12.3 Å². The molecule has 31 heavy (non-hydrogen) atoms. The summed E-state index contributed by atoms with van der Waals surface area (Å²) in [5.41, 5.74) is 0.766. The Hall–Kier alpha value is -3.51. The number of hydrogen-bond donors (Lipinski definition) is 3. The van der Waals surface area contributed by atoms with Crippen molar-refractivity contribution in [1.29, 1.82) is 5.26 Å². The molecule has 0 saturated heterocycles. The molecular weight excluding hydrogens is 422 g/mol. The van der Waals surface area contributed by atoms with Gasteiger partial charge >= 0.3 is 12.1 Å². The van der Waals surface area contributed by atoms with Crippen LogP contribution < -0.4 is 20.7 Å². The quantitative estimate of drug-likeness (QED) is 0.491. The molecule has 0 radical (unpaired) electrons. The Morgan fingerprint density at radius 2 is 2.03 bits per heavy atom. The van der Waals surface area contributed by atoms with E-state index in [1.54, 1.807) is 24.3 Å². The van der Waals surface area contributed by atoms with Crippen molar-refractivity contribution >= 4 is 35.2 Å². The number of benzene rings is 1. The molecule has 0 bridgehead atoms. The van der Waals surface area contributed by atoms with Gasteiger partial charge in [-0.3, -0.25) is 5.32 Å². The normalized spacial score (nSPS) is 10.2. The number of halogens is 1. The van der Waals surface area contributed by atoms with Crippen molar-refractivity contribution < 1.29 is 19.1 Å². The fourth-order valence-corrected chi connectivity index (χ4v) is 2.44. The van der Waals surface area contributed by atoms with E-state index >= 15 is 0 Å². The van der Waals surface area contributed by atoms with E-state index in [4.69, 9.17) is 26.3 Å². The van der Waals surface area contributed by atoms with Gasteiger partial charge in [0.2, 0.25) is 0 Å². The highest BCUT2D eigenvalue weighted by atomic mass is 35.5. The van der Waals surface area contributed by atoms with E-state index in [9.17, 15) is 9.59 Å². The van der Waals surface area contributed by atoms with Gasteiger partial charge in [0, 0.05) is 17.8 Å². The lowest BCUT2D eigenvalue weighted by Gasteiger charge is -2.14. The van der Waals surface area contributed by atoms with Crippen molar-refractivity contribution in [2.75, 3.05) is 30.4 Å². The molecule has 0 atom stereocenters. The van der Waals surface area contributed by atoms with Gasteiger partial charge in [-0.2, -0.15) is 5.26 Å². The number of nitriles is 1. The van der Waals surface area contributed by atoms with Crippen molar-refractivity contribution in [2.24, 2.45) is 5.92 Å². The first kappa shape index (κ1) is 23.8. The van der Waals surface area contributed by atoms with Crippen LogP contribution in [0.1, 0.15) is 25.8 Å². The van der Waals surface area contributed by atoms with Crippen LogP contribution in [0.25, 0.3) is 0 Å². The molecule has 0 saturated carbocycles. The average molecular weight is 446 g/mol. The van der Waals surface area contributed by atoms with Crippen molar-refractivity contribution in [3.05, 3.63) is 47.1 Å². The molecule has 2 rings (SSSR count). The first-order valence-electron chi connectivity index (χ1n) is 9.64. The molecule has 0 aliphatic heterocycles. The zero-order chi connectivity index (χ0) is 22.6. The molecule has 3 N–H and O–H groups in total. The Morgan fingerprint density at radius 1 is 1.23 bits per heavy atom. The number of urea groups is 1. The largest absolute Gasteiger partial charge is 0.491 e. The minimum absolute atomic E-state index is 0.273. The van der Waals surface area contributed by atoms with E-state index < -0.39 is 12.1 Å². The number of carbonyl (C=O) groups excluding carboxylic acids is 2. The lowest BCUT2D eigenvalue weighted by molar-refractivity contribution is 0.132. The van der Waals surface area contributed by atoms with Crippen molar-refractivity contribution in [1.82, 2.24) is 10.3 Å². The summed E-state index contributed by atoms with van der Waals surface area (Å²) in [6.07, 6.45) is 1.44. The molecule has 9 nitrogen and oxygen atoms in total. The molecular formula is C21H24ClN5O4. The number of carbonyl (C=O) groups is 2. The van der Waals surface area contributed by atoms with E-state index in [2.05, 4.69) is 20.9 Å². The van der Waals surface area contributed by atoms with Gasteiger partial charge in [-0.25, -0.2) is 14.6 Å². The van der Waals surface area contributed by atoms with E-state index in [0.29, 0.717) is 48.2 Å². The smallest absolute Gasteiger partial charge is 0.407 e. The lowest BCUT2D eigenvalue weighted by Crippen LogP contribution is -2.27. The molecule has 0 aliphatic rings. The van der Waals surface area contributed by atoms with Gasteiger partial charge in [-0.15, -0.1) is 0 Å². The minimum Gasteiger partial charge on any atom is -0.491 e. The van der Waals surface area contributed by atoms with E-state index in [1.807, 2.05) is 19.9 Å². The summed E-state index contributed by atoms with van der Waals surface area (Å²) in [7, 11) is 0. The number of alkyl carbamates (subject to hydrolysis) is 1. The number of amides is 3. The topological polar surface area (TPSA) is 125 Å². The van der Waals surface area contributed by atoms with Crippen molar-refractivity contribution in [3.63, 3.8) is 0 Å². The third-order valence-electron chi connectivity index (χ3n) is 3.72. The van der Waals surface area contributed by atoms with Gasteiger partial charge < -0.3 is 20.1 Å². The molecule has 10 heteroatoms. The molecule has 0 fully saturated rings. The molecule has 0 aliphatic carbocycles. The first-order chi connectivity index (χ1) is 14.9. The maximum atomic E-state index is 12.3. The zero-order valence-electron chi connectivity index (χ0n) is 17.3. The molecule has 164 valence electrons. The zero-order valence-corrected chi connectivity index (χ0v) is 18.0. The first-order valence-corrected chi connectivity index (χ1v) is 10.0. The molecule has 1 heterocycles. The maximum Gasteiger partial charge on any atom is 0.407 e. The van der Waals surface area contributed by atoms with Gasteiger partial charge in [0.25, 0.3) is 0 Å². The van der Waals surface area contributed by atoms with Gasteiger partial charge in [0.1, 0.15) is 17.6 Å². The summed E-state index contributed by atoms with van der Waals surface area (Å²) in [6.45, 7) is 4.97. The average Bonchev–Trinajstić information content (AvgIpc) is 2.74. The van der Waals surface area contributed by atoms with Gasteiger partial charge in [-0.1, -0.05) is 25.4 Å². The fraction of sp³-hybridized carbons (Fsp3) is 0.333. The molecule has 2 aromatic rings. The summed E-state index contributed by atoms with van der Waals surface area (Å²) >= 11 is 6.03. The summed E-state index contributed by atoms with van der Waals surface area (Å²) in [5.74, 6) is 0.987. The third kappa shape index (κ3) is 8.80. The SMILES string of the molecule is CC(C)COC(=O)NCCCOc1ccc(Cl)cc1NC(=O)Nc1ccc(C#N)cn1. The fourth-order valence-electron chi connectivity index (χ4n) is 2.27. The predicted octanol–water partition coefficient (Wildman–Crippen LogP) is 4.40. The summed E-state index contributed by atoms with van der Waals surface area (Å²) in [4.78, 5) is 27.8. The Balaban J connectivity index is 1.83. The van der Waals surface area contributed by atoms with Gasteiger partial charge in [0.15, 0.2) is 0 Å². The van der Waals surface area contributed by atoms with E-state index in [0.717, 1.165) is 0 Å². The van der Waals surface area contributed by atoms with Crippen LogP contribution in [-0.4, -0.2) is 36.9 Å². The number of anilines is 2. The van der Waals surface area contributed by atoms with Crippen LogP contribution in [-0.2, 0) is 4.74 Å². The van der Waals surface area contributed by atoms with Crippen LogP contribution in [0.3, 0.4) is 0 Å². The Kier molecular flexibility index (Phi) is 9.39. The van der Waals surface area contributed by atoms with Crippen LogP contribution in [0.15, 0.2) is 36.5 Å². The lowest BCUT2D eigenvalue weighted by atomic mass is 10.2. The maximum absolute atomic E-state index is 12.3. The number of nitrogens with zero attached hydrogens (tertiary/aromatic N) is 2. The molecule has 0 spiro atoms. The summed E-state index contributed by atoms with van der Waals surface area (Å²) in [6, 6.07) is 9.32. The Labute approximate surface area is 185 Å².